The van der Waals surface area contributed by atoms with Crippen LogP contribution in [0.2, 0.25) is 0 Å². The Labute approximate surface area is 112 Å². The third kappa shape index (κ3) is 2.16. The van der Waals surface area contributed by atoms with Gasteiger partial charge in [-0.2, -0.15) is 0 Å². The molecule has 2 aromatic carbocycles. The first-order chi connectivity index (χ1) is 9.15. The van der Waals surface area contributed by atoms with Crippen LogP contribution in [0.4, 0.5) is 10.1 Å². The van der Waals surface area contributed by atoms with Crippen LogP contribution >= 0.6 is 0 Å². The number of benzene rings is 2. The number of halogens is 1. The Kier molecular flexibility index (Phi) is 2.90. The molecule has 1 atom stereocenters. The van der Waals surface area contributed by atoms with Crippen molar-refractivity contribution in [2.45, 2.75) is 19.3 Å². The monoisotopic (exact) mass is 257 g/mol. The van der Waals surface area contributed by atoms with Crippen molar-refractivity contribution in [1.82, 2.24) is 0 Å². The second-order valence-corrected chi connectivity index (χ2v) is 5.05. The second kappa shape index (κ2) is 4.57. The lowest BCUT2D eigenvalue weighted by molar-refractivity contribution is 0.263. The first kappa shape index (κ1) is 12.0. The van der Waals surface area contributed by atoms with E-state index in [0.717, 1.165) is 12.0 Å². The lowest BCUT2D eigenvalue weighted by atomic mass is 9.78. The van der Waals surface area contributed by atoms with Crippen molar-refractivity contribution < 1.29 is 9.13 Å². The number of hydrogen-bond donors (Lipinski definition) is 1. The summed E-state index contributed by atoms with van der Waals surface area (Å²) in [5.74, 6) is 0.264. The minimum Gasteiger partial charge on any atom is -0.490 e. The van der Waals surface area contributed by atoms with Gasteiger partial charge in [0, 0.05) is 17.7 Å². The molecule has 0 heterocycles. The molecule has 1 unspecified atom stereocenters. The minimum absolute atomic E-state index is 0.288. The van der Waals surface area contributed by atoms with Crippen LogP contribution in [-0.2, 0) is 6.42 Å². The average Bonchev–Trinajstić information content (AvgIpc) is 2.36. The summed E-state index contributed by atoms with van der Waals surface area (Å²) in [6.07, 6.45) is 1.01. The summed E-state index contributed by atoms with van der Waals surface area (Å²) in [7, 11) is 0. The normalized spacial score (nSPS) is 16.6. The van der Waals surface area contributed by atoms with Crippen LogP contribution in [0.5, 0.6) is 5.75 Å². The summed E-state index contributed by atoms with van der Waals surface area (Å²) in [6, 6.07) is 11.3. The SMILES string of the molecule is Cc1cc(OCC2Cc3ccccc32)c(F)cc1N. The van der Waals surface area contributed by atoms with Gasteiger partial charge in [-0.3, -0.25) is 0 Å². The molecular formula is C16H16FNO. The molecular weight excluding hydrogens is 241 g/mol. The fourth-order valence-electron chi connectivity index (χ4n) is 2.48. The van der Waals surface area contributed by atoms with E-state index in [1.165, 1.54) is 17.2 Å². The number of rotatable bonds is 3. The van der Waals surface area contributed by atoms with Gasteiger partial charge in [-0.05, 0) is 36.1 Å². The average molecular weight is 257 g/mol. The number of nitrogen functional groups attached to an aromatic ring is 1. The molecule has 3 heteroatoms. The number of aryl methyl sites for hydroxylation is 1. The molecule has 0 fully saturated rings. The van der Waals surface area contributed by atoms with Crippen molar-refractivity contribution in [3.63, 3.8) is 0 Å². The van der Waals surface area contributed by atoms with E-state index in [2.05, 4.69) is 12.1 Å². The van der Waals surface area contributed by atoms with Crippen molar-refractivity contribution >= 4 is 5.69 Å². The smallest absolute Gasteiger partial charge is 0.167 e. The van der Waals surface area contributed by atoms with Gasteiger partial charge in [-0.25, -0.2) is 4.39 Å². The fourth-order valence-corrected chi connectivity index (χ4v) is 2.48. The van der Waals surface area contributed by atoms with Crippen LogP contribution in [0.3, 0.4) is 0 Å². The largest absolute Gasteiger partial charge is 0.490 e. The molecule has 2 nitrogen and oxygen atoms in total. The van der Waals surface area contributed by atoms with E-state index < -0.39 is 5.82 Å². The minimum atomic E-state index is -0.393. The van der Waals surface area contributed by atoms with Gasteiger partial charge in [-0.1, -0.05) is 24.3 Å². The van der Waals surface area contributed by atoms with E-state index in [-0.39, 0.29) is 5.75 Å². The van der Waals surface area contributed by atoms with E-state index in [1.54, 1.807) is 6.07 Å². The second-order valence-electron chi connectivity index (χ2n) is 5.05. The van der Waals surface area contributed by atoms with Crippen molar-refractivity contribution in [2.75, 3.05) is 12.3 Å². The predicted octanol–water partition coefficient (Wildman–Crippen LogP) is 3.44. The zero-order valence-electron chi connectivity index (χ0n) is 10.8. The van der Waals surface area contributed by atoms with Crippen LogP contribution in [0.1, 0.15) is 22.6 Å². The van der Waals surface area contributed by atoms with Gasteiger partial charge >= 0.3 is 0 Å². The molecule has 0 saturated heterocycles. The third-order valence-electron chi connectivity index (χ3n) is 3.72. The summed E-state index contributed by atoms with van der Waals surface area (Å²) in [5, 5.41) is 0. The van der Waals surface area contributed by atoms with Gasteiger partial charge in [0.15, 0.2) is 11.6 Å². The van der Waals surface area contributed by atoms with Crippen molar-refractivity contribution in [2.24, 2.45) is 0 Å². The topological polar surface area (TPSA) is 35.2 Å². The van der Waals surface area contributed by atoms with Crippen molar-refractivity contribution in [3.8, 4) is 5.75 Å². The highest BCUT2D eigenvalue weighted by atomic mass is 19.1. The Bertz CT molecular complexity index is 624. The van der Waals surface area contributed by atoms with Crippen molar-refractivity contribution in [1.29, 1.82) is 0 Å². The van der Waals surface area contributed by atoms with E-state index in [1.807, 2.05) is 19.1 Å². The summed E-state index contributed by atoms with van der Waals surface area (Å²) in [6.45, 7) is 2.36. The molecule has 0 radical (unpaired) electrons. The number of anilines is 1. The molecule has 1 aliphatic rings. The maximum atomic E-state index is 13.7. The first-order valence-corrected chi connectivity index (χ1v) is 6.41. The van der Waals surface area contributed by atoms with Crippen LogP contribution < -0.4 is 10.5 Å². The summed E-state index contributed by atoms with van der Waals surface area (Å²) < 4.78 is 19.3. The van der Waals surface area contributed by atoms with Gasteiger partial charge in [0.05, 0.1) is 6.61 Å². The molecule has 0 aliphatic heterocycles. The molecule has 0 bridgehead atoms. The Morgan fingerprint density at radius 3 is 2.89 bits per heavy atom. The highest BCUT2D eigenvalue weighted by molar-refractivity contribution is 5.50. The van der Waals surface area contributed by atoms with Gasteiger partial charge in [0.1, 0.15) is 0 Å². The molecule has 2 aromatic rings. The quantitative estimate of drug-likeness (QED) is 0.855. The zero-order chi connectivity index (χ0) is 13.4. The predicted molar refractivity (Wildman–Crippen MR) is 73.9 cm³/mol. The molecule has 1 aliphatic carbocycles. The maximum Gasteiger partial charge on any atom is 0.167 e. The van der Waals surface area contributed by atoms with E-state index in [9.17, 15) is 4.39 Å². The molecule has 98 valence electrons. The maximum absolute atomic E-state index is 13.7. The Hall–Kier alpha value is -2.03. The Morgan fingerprint density at radius 1 is 1.32 bits per heavy atom. The van der Waals surface area contributed by atoms with Crippen molar-refractivity contribution in [3.05, 3.63) is 58.9 Å². The zero-order valence-corrected chi connectivity index (χ0v) is 10.8. The van der Waals surface area contributed by atoms with Gasteiger partial charge < -0.3 is 10.5 Å². The molecule has 0 spiro atoms. The third-order valence-corrected chi connectivity index (χ3v) is 3.72. The van der Waals surface area contributed by atoms with E-state index >= 15 is 0 Å². The Balaban J connectivity index is 1.70. The molecule has 0 amide bonds. The van der Waals surface area contributed by atoms with E-state index in [4.69, 9.17) is 10.5 Å². The number of fused-ring (bicyclic) bond motifs is 1. The summed E-state index contributed by atoms with van der Waals surface area (Å²) in [5.41, 5.74) is 9.63. The van der Waals surface area contributed by atoms with Crippen LogP contribution in [-0.4, -0.2) is 6.61 Å². The first-order valence-electron chi connectivity index (χ1n) is 6.41. The van der Waals surface area contributed by atoms with Crippen LogP contribution in [0.25, 0.3) is 0 Å². The standard InChI is InChI=1S/C16H16FNO/c1-10-6-16(14(17)8-15(10)18)19-9-12-7-11-4-2-3-5-13(11)12/h2-6,8,12H,7,9,18H2,1H3. The summed E-state index contributed by atoms with van der Waals surface area (Å²) >= 11 is 0. The summed E-state index contributed by atoms with van der Waals surface area (Å²) in [4.78, 5) is 0. The fraction of sp³-hybridized carbons (Fsp3) is 0.250. The highest BCUT2D eigenvalue weighted by Gasteiger charge is 2.26. The molecule has 0 saturated carbocycles. The van der Waals surface area contributed by atoms with Crippen LogP contribution in [0, 0.1) is 12.7 Å². The number of hydrogen-bond acceptors (Lipinski definition) is 2. The van der Waals surface area contributed by atoms with Crippen LogP contribution in [0.15, 0.2) is 36.4 Å². The molecule has 0 aromatic heterocycles. The number of nitrogens with two attached hydrogens (primary N) is 1. The van der Waals surface area contributed by atoms with Gasteiger partial charge in [0.25, 0.3) is 0 Å². The van der Waals surface area contributed by atoms with Gasteiger partial charge in [0.2, 0.25) is 0 Å². The Morgan fingerprint density at radius 2 is 2.11 bits per heavy atom. The lowest BCUT2D eigenvalue weighted by Gasteiger charge is -2.29. The molecule has 3 rings (SSSR count). The number of ether oxygens (including phenoxy) is 1. The molecule has 2 N–H and O–H groups in total. The van der Waals surface area contributed by atoms with E-state index in [0.29, 0.717) is 18.2 Å². The molecule has 19 heavy (non-hydrogen) atoms. The van der Waals surface area contributed by atoms with Gasteiger partial charge in [-0.15, -0.1) is 0 Å². The highest BCUT2D eigenvalue weighted by Crippen LogP contribution is 2.35. The lowest BCUT2D eigenvalue weighted by Crippen LogP contribution is -2.23.